The zero-order valence-corrected chi connectivity index (χ0v) is 13.3. The van der Waals surface area contributed by atoms with Crippen molar-refractivity contribution in [3.8, 4) is 0 Å². The number of anilines is 2. The third kappa shape index (κ3) is 2.56. The van der Waals surface area contributed by atoms with Crippen LogP contribution >= 0.6 is 0 Å². The second kappa shape index (κ2) is 5.65. The maximum atomic E-state index is 12.6. The normalized spacial score (nSPS) is 18.4. The standard InChI is InChI=1S/C18H20N4O/c1-13-7-9-21(10-8-13)18-19-11-15-16(20-18)12-22(17(15)23)14-5-3-2-4-6-14/h2-6,11,13H,7-10,12H2,1H3. The molecule has 23 heavy (non-hydrogen) atoms. The highest BCUT2D eigenvalue weighted by Crippen LogP contribution is 2.28. The predicted molar refractivity (Wildman–Crippen MR) is 89.6 cm³/mol. The molecule has 0 atom stereocenters. The minimum absolute atomic E-state index is 0.00924. The third-order valence-electron chi connectivity index (χ3n) is 4.77. The molecule has 1 saturated heterocycles. The van der Waals surface area contributed by atoms with Gasteiger partial charge in [-0.25, -0.2) is 9.97 Å². The van der Waals surface area contributed by atoms with Crippen LogP contribution in [-0.4, -0.2) is 29.0 Å². The zero-order valence-electron chi connectivity index (χ0n) is 13.3. The van der Waals surface area contributed by atoms with E-state index in [-0.39, 0.29) is 5.91 Å². The summed E-state index contributed by atoms with van der Waals surface area (Å²) in [4.78, 5) is 25.7. The topological polar surface area (TPSA) is 49.3 Å². The molecule has 1 amide bonds. The number of para-hydroxylation sites is 1. The Labute approximate surface area is 136 Å². The Morgan fingerprint density at radius 3 is 2.61 bits per heavy atom. The fourth-order valence-corrected chi connectivity index (χ4v) is 3.25. The van der Waals surface area contributed by atoms with E-state index >= 15 is 0 Å². The van der Waals surface area contributed by atoms with Crippen LogP contribution in [0.2, 0.25) is 0 Å². The van der Waals surface area contributed by atoms with E-state index in [0.717, 1.165) is 36.3 Å². The first-order valence-electron chi connectivity index (χ1n) is 8.20. The van der Waals surface area contributed by atoms with Crippen molar-refractivity contribution in [2.24, 2.45) is 5.92 Å². The second-order valence-corrected chi connectivity index (χ2v) is 6.43. The minimum Gasteiger partial charge on any atom is -0.341 e. The molecule has 0 radical (unpaired) electrons. The van der Waals surface area contributed by atoms with Gasteiger partial charge in [0.05, 0.1) is 17.8 Å². The largest absolute Gasteiger partial charge is 0.341 e. The van der Waals surface area contributed by atoms with Crippen molar-refractivity contribution in [2.75, 3.05) is 22.9 Å². The maximum Gasteiger partial charge on any atom is 0.262 e. The number of hydrogen-bond acceptors (Lipinski definition) is 4. The summed E-state index contributed by atoms with van der Waals surface area (Å²) in [5.41, 5.74) is 2.37. The van der Waals surface area contributed by atoms with Crippen molar-refractivity contribution >= 4 is 17.5 Å². The lowest BCUT2D eigenvalue weighted by molar-refractivity contribution is 0.0996. The fourth-order valence-electron chi connectivity index (χ4n) is 3.25. The van der Waals surface area contributed by atoms with E-state index in [1.807, 2.05) is 30.3 Å². The van der Waals surface area contributed by atoms with E-state index in [1.165, 1.54) is 12.8 Å². The minimum atomic E-state index is -0.00924. The number of fused-ring (bicyclic) bond motifs is 1. The second-order valence-electron chi connectivity index (χ2n) is 6.43. The number of benzene rings is 1. The first-order valence-corrected chi connectivity index (χ1v) is 8.20. The number of hydrogen-bond donors (Lipinski definition) is 0. The summed E-state index contributed by atoms with van der Waals surface area (Å²) < 4.78 is 0. The maximum absolute atomic E-state index is 12.6. The van der Waals surface area contributed by atoms with Crippen LogP contribution in [-0.2, 0) is 6.54 Å². The first-order chi connectivity index (χ1) is 11.2. The Bertz CT molecular complexity index is 723. The molecule has 5 nitrogen and oxygen atoms in total. The molecule has 4 rings (SSSR count). The molecule has 3 heterocycles. The molecule has 1 aromatic carbocycles. The summed E-state index contributed by atoms with van der Waals surface area (Å²) in [7, 11) is 0. The van der Waals surface area contributed by atoms with Crippen LogP contribution in [0, 0.1) is 5.92 Å². The van der Waals surface area contributed by atoms with E-state index in [9.17, 15) is 4.79 Å². The third-order valence-corrected chi connectivity index (χ3v) is 4.77. The number of aromatic nitrogens is 2. The van der Waals surface area contributed by atoms with E-state index < -0.39 is 0 Å². The molecular formula is C18H20N4O. The molecule has 1 aromatic heterocycles. The number of rotatable bonds is 2. The lowest BCUT2D eigenvalue weighted by Crippen LogP contribution is -2.34. The highest BCUT2D eigenvalue weighted by Gasteiger charge is 2.31. The molecule has 2 aliphatic rings. The lowest BCUT2D eigenvalue weighted by atomic mass is 10.00. The molecular weight excluding hydrogens is 288 g/mol. The highest BCUT2D eigenvalue weighted by molar-refractivity contribution is 6.09. The average molecular weight is 308 g/mol. The monoisotopic (exact) mass is 308 g/mol. The Balaban J connectivity index is 1.59. The van der Waals surface area contributed by atoms with Crippen LogP contribution < -0.4 is 9.80 Å². The Morgan fingerprint density at radius 1 is 1.13 bits per heavy atom. The summed E-state index contributed by atoms with van der Waals surface area (Å²) in [6.45, 7) is 4.81. The van der Waals surface area contributed by atoms with E-state index in [0.29, 0.717) is 12.1 Å². The fraction of sp³-hybridized carbons (Fsp3) is 0.389. The van der Waals surface area contributed by atoms with E-state index in [2.05, 4.69) is 21.8 Å². The van der Waals surface area contributed by atoms with Crippen molar-refractivity contribution in [1.29, 1.82) is 0 Å². The molecule has 0 bridgehead atoms. The predicted octanol–water partition coefficient (Wildman–Crippen LogP) is 2.87. The van der Waals surface area contributed by atoms with Gasteiger partial charge in [-0.15, -0.1) is 0 Å². The summed E-state index contributed by atoms with van der Waals surface area (Å²) in [5, 5.41) is 0. The molecule has 0 saturated carbocycles. The molecule has 2 aromatic rings. The first kappa shape index (κ1) is 14.2. The lowest BCUT2D eigenvalue weighted by Gasteiger charge is -2.30. The Morgan fingerprint density at radius 2 is 1.87 bits per heavy atom. The van der Waals surface area contributed by atoms with Gasteiger partial charge in [-0.05, 0) is 30.9 Å². The van der Waals surface area contributed by atoms with Crippen molar-refractivity contribution in [1.82, 2.24) is 9.97 Å². The SMILES string of the molecule is CC1CCN(c2ncc3c(n2)CN(c2ccccc2)C3=O)CC1. The van der Waals surface area contributed by atoms with Crippen LogP contribution in [0.5, 0.6) is 0 Å². The van der Waals surface area contributed by atoms with Gasteiger partial charge in [0, 0.05) is 25.0 Å². The molecule has 118 valence electrons. The summed E-state index contributed by atoms with van der Waals surface area (Å²) in [6, 6.07) is 9.73. The van der Waals surface area contributed by atoms with Gasteiger partial charge in [0.25, 0.3) is 5.91 Å². The van der Waals surface area contributed by atoms with Crippen LogP contribution in [0.25, 0.3) is 0 Å². The number of amides is 1. The number of carbonyl (C=O) groups is 1. The molecule has 2 aliphatic heterocycles. The van der Waals surface area contributed by atoms with Crippen LogP contribution in [0.15, 0.2) is 36.5 Å². The molecule has 0 spiro atoms. The Hall–Kier alpha value is -2.43. The van der Waals surface area contributed by atoms with Gasteiger partial charge < -0.3 is 9.80 Å². The molecule has 5 heteroatoms. The van der Waals surface area contributed by atoms with Gasteiger partial charge in [0.15, 0.2) is 0 Å². The van der Waals surface area contributed by atoms with Crippen LogP contribution in [0.3, 0.4) is 0 Å². The van der Waals surface area contributed by atoms with Crippen molar-refractivity contribution < 1.29 is 4.79 Å². The van der Waals surface area contributed by atoms with E-state index in [1.54, 1.807) is 11.1 Å². The number of carbonyl (C=O) groups excluding carboxylic acids is 1. The van der Waals surface area contributed by atoms with Gasteiger partial charge in [0.2, 0.25) is 5.95 Å². The van der Waals surface area contributed by atoms with Crippen molar-refractivity contribution in [3.05, 3.63) is 47.8 Å². The average Bonchev–Trinajstić information content (AvgIpc) is 2.93. The number of nitrogens with zero attached hydrogens (tertiary/aromatic N) is 4. The van der Waals surface area contributed by atoms with Crippen molar-refractivity contribution in [3.63, 3.8) is 0 Å². The van der Waals surface area contributed by atoms with Crippen molar-refractivity contribution in [2.45, 2.75) is 26.3 Å². The highest BCUT2D eigenvalue weighted by atomic mass is 16.2. The van der Waals surface area contributed by atoms with Gasteiger partial charge >= 0.3 is 0 Å². The summed E-state index contributed by atoms with van der Waals surface area (Å²) in [6.07, 6.45) is 4.05. The number of piperidine rings is 1. The van der Waals surface area contributed by atoms with E-state index in [4.69, 9.17) is 0 Å². The molecule has 0 aliphatic carbocycles. The van der Waals surface area contributed by atoms with Gasteiger partial charge in [0.1, 0.15) is 0 Å². The molecule has 0 unspecified atom stereocenters. The van der Waals surface area contributed by atoms with Crippen LogP contribution in [0.4, 0.5) is 11.6 Å². The smallest absolute Gasteiger partial charge is 0.262 e. The zero-order chi connectivity index (χ0) is 15.8. The Kier molecular flexibility index (Phi) is 3.48. The molecule has 1 fully saturated rings. The summed E-state index contributed by atoms with van der Waals surface area (Å²) in [5.74, 6) is 1.53. The van der Waals surface area contributed by atoms with Gasteiger partial charge in [-0.2, -0.15) is 0 Å². The van der Waals surface area contributed by atoms with Gasteiger partial charge in [-0.1, -0.05) is 25.1 Å². The summed E-state index contributed by atoms with van der Waals surface area (Å²) >= 11 is 0. The quantitative estimate of drug-likeness (QED) is 0.856. The molecule has 0 N–H and O–H groups in total. The van der Waals surface area contributed by atoms with Crippen LogP contribution in [0.1, 0.15) is 35.8 Å². The van der Waals surface area contributed by atoms with Gasteiger partial charge in [-0.3, -0.25) is 4.79 Å².